The summed E-state index contributed by atoms with van der Waals surface area (Å²) in [4.78, 5) is 2.38. The fraction of sp³-hybridized carbons (Fsp3) is 0.156. The molecule has 0 amide bonds. The lowest BCUT2D eigenvalue weighted by Crippen LogP contribution is -2.17. The van der Waals surface area contributed by atoms with Gasteiger partial charge in [-0.25, -0.2) is 0 Å². The van der Waals surface area contributed by atoms with Crippen LogP contribution in [0.1, 0.15) is 69.4 Å². The van der Waals surface area contributed by atoms with Crippen LogP contribution in [0.15, 0.2) is 158 Å². The summed E-state index contributed by atoms with van der Waals surface area (Å²) in [6, 6.07) is 35.2. The van der Waals surface area contributed by atoms with Crippen molar-refractivity contribution in [2.75, 3.05) is 4.90 Å². The summed E-state index contributed by atoms with van der Waals surface area (Å²) >= 11 is 0. The molecule has 0 spiro atoms. The van der Waals surface area contributed by atoms with Crippen LogP contribution in [0.2, 0.25) is 0 Å². The Labute approximate surface area is 276 Å². The van der Waals surface area contributed by atoms with Gasteiger partial charge in [-0.2, -0.15) is 0 Å². The highest BCUT2D eigenvalue weighted by atomic mass is 15.1. The molecule has 230 valence electrons. The van der Waals surface area contributed by atoms with E-state index in [2.05, 4.69) is 174 Å². The Bertz CT molecular complexity index is 1900. The predicted octanol–water partition coefficient (Wildman–Crippen LogP) is 13.1. The normalized spacial score (nSPS) is 14.9. The minimum atomic E-state index is -0.0792. The molecule has 0 saturated heterocycles. The van der Waals surface area contributed by atoms with E-state index >= 15 is 0 Å². The summed E-state index contributed by atoms with van der Waals surface area (Å²) in [5, 5.41) is 0. The molecule has 1 heteroatoms. The monoisotopic (exact) mass is 599 g/mol. The summed E-state index contributed by atoms with van der Waals surface area (Å²) < 4.78 is 0. The van der Waals surface area contributed by atoms with E-state index in [9.17, 15) is 0 Å². The quantitative estimate of drug-likeness (QED) is 0.129. The first-order valence-corrected chi connectivity index (χ1v) is 16.1. The van der Waals surface area contributed by atoms with Gasteiger partial charge in [0.05, 0.1) is 0 Å². The van der Waals surface area contributed by atoms with E-state index in [1.54, 1.807) is 0 Å². The molecular weight excluding hydrogens is 555 g/mol. The average molecular weight is 600 g/mol. The molecule has 1 aliphatic carbocycles. The van der Waals surface area contributed by atoms with E-state index in [1.165, 1.54) is 50.1 Å². The van der Waals surface area contributed by atoms with Crippen LogP contribution < -0.4 is 4.90 Å². The van der Waals surface area contributed by atoms with Crippen LogP contribution in [0.5, 0.6) is 0 Å². The van der Waals surface area contributed by atoms with Gasteiger partial charge in [-0.05, 0) is 114 Å². The number of nitrogens with zero attached hydrogens (tertiary/aromatic N) is 1. The van der Waals surface area contributed by atoms with Crippen LogP contribution >= 0.6 is 0 Å². The summed E-state index contributed by atoms with van der Waals surface area (Å²) in [7, 11) is 0. The first-order valence-electron chi connectivity index (χ1n) is 16.1. The van der Waals surface area contributed by atoms with E-state index in [1.807, 2.05) is 25.2 Å². The molecule has 0 aromatic heterocycles. The second kappa shape index (κ2) is 13.9. The zero-order chi connectivity index (χ0) is 32.8. The van der Waals surface area contributed by atoms with Crippen molar-refractivity contribution in [2.24, 2.45) is 0 Å². The maximum atomic E-state index is 4.14. The molecule has 0 radical (unpaired) electrons. The van der Waals surface area contributed by atoms with Gasteiger partial charge in [0, 0.05) is 22.5 Å². The molecular formula is C45H45N. The Morgan fingerprint density at radius 3 is 2.07 bits per heavy atom. The second-order valence-electron chi connectivity index (χ2n) is 12.4. The smallest absolute Gasteiger partial charge is 0.0467 e. The fourth-order valence-electron chi connectivity index (χ4n) is 6.34. The molecule has 46 heavy (non-hydrogen) atoms. The predicted molar refractivity (Wildman–Crippen MR) is 204 cm³/mol. The van der Waals surface area contributed by atoms with Crippen LogP contribution in [0.25, 0.3) is 22.3 Å². The zero-order valence-electron chi connectivity index (χ0n) is 28.1. The van der Waals surface area contributed by atoms with Gasteiger partial charge in [0.2, 0.25) is 0 Å². The van der Waals surface area contributed by atoms with Gasteiger partial charge >= 0.3 is 0 Å². The molecule has 0 heterocycles. The van der Waals surface area contributed by atoms with Crippen molar-refractivity contribution in [1.82, 2.24) is 0 Å². The number of rotatable bonds is 10. The Morgan fingerprint density at radius 1 is 0.717 bits per heavy atom. The van der Waals surface area contributed by atoms with Gasteiger partial charge in [-0.15, -0.1) is 0 Å². The van der Waals surface area contributed by atoms with E-state index in [0.717, 1.165) is 22.6 Å². The van der Waals surface area contributed by atoms with Gasteiger partial charge in [-0.1, -0.05) is 136 Å². The van der Waals surface area contributed by atoms with Crippen LogP contribution in [-0.2, 0) is 5.41 Å². The van der Waals surface area contributed by atoms with E-state index in [-0.39, 0.29) is 5.41 Å². The maximum Gasteiger partial charge on any atom is 0.0467 e. The highest BCUT2D eigenvalue weighted by Crippen LogP contribution is 2.49. The fourth-order valence-corrected chi connectivity index (χ4v) is 6.34. The van der Waals surface area contributed by atoms with Gasteiger partial charge in [0.15, 0.2) is 0 Å². The van der Waals surface area contributed by atoms with Gasteiger partial charge in [-0.3, -0.25) is 0 Å². The number of hydrogen-bond donors (Lipinski definition) is 0. The highest BCUT2D eigenvalue weighted by Gasteiger charge is 2.34. The third kappa shape index (κ3) is 6.32. The number of fused-ring (bicyclic) bond motifs is 1. The molecule has 0 bridgehead atoms. The van der Waals surface area contributed by atoms with Crippen LogP contribution in [0.3, 0.4) is 0 Å². The SMILES string of the molecule is C=CC=CC(=C(C)c1ccccc1)c1ccc(N(c2cccc(C(C)=CC=CC)c2)c2ccc3c(c2)C(C)(C)C(C)=C3C=C)cc1. The lowest BCUT2D eigenvalue weighted by Gasteiger charge is -2.29. The molecule has 0 fully saturated rings. The van der Waals surface area contributed by atoms with Crippen molar-refractivity contribution >= 4 is 39.4 Å². The molecule has 4 aromatic rings. The summed E-state index contributed by atoms with van der Waals surface area (Å²) in [5.74, 6) is 0. The highest BCUT2D eigenvalue weighted by molar-refractivity contribution is 5.95. The first kappa shape index (κ1) is 32.3. The topological polar surface area (TPSA) is 3.24 Å². The lowest BCUT2D eigenvalue weighted by molar-refractivity contribution is 0.639. The molecule has 1 nitrogen and oxygen atoms in total. The minimum Gasteiger partial charge on any atom is -0.310 e. The second-order valence-corrected chi connectivity index (χ2v) is 12.4. The first-order chi connectivity index (χ1) is 22.2. The van der Waals surface area contributed by atoms with E-state index < -0.39 is 0 Å². The van der Waals surface area contributed by atoms with Crippen molar-refractivity contribution in [2.45, 2.75) is 47.0 Å². The third-order valence-electron chi connectivity index (χ3n) is 9.32. The van der Waals surface area contributed by atoms with Crippen LogP contribution in [-0.4, -0.2) is 0 Å². The average Bonchev–Trinajstić information content (AvgIpc) is 3.28. The Hall–Kier alpha value is -5.14. The van der Waals surface area contributed by atoms with Crippen molar-refractivity contribution in [3.63, 3.8) is 0 Å². The molecule has 0 atom stereocenters. The van der Waals surface area contributed by atoms with Crippen molar-refractivity contribution < 1.29 is 0 Å². The molecule has 0 saturated carbocycles. The standard InChI is InChI=1S/C45H45N/c1-9-12-18-32(4)37-21-17-22-39(30-37)46(40-28-29-43-41(11-3)34(6)45(7,8)44(43)31-40)38-26-24-36(25-27-38)42(23-13-10-2)33(5)35-19-15-14-16-20-35/h9-31H,2-3H2,1,4-8H3. The molecule has 4 aromatic carbocycles. The van der Waals surface area contributed by atoms with Crippen LogP contribution in [0, 0.1) is 0 Å². The number of benzene rings is 4. The summed E-state index contributed by atoms with van der Waals surface area (Å²) in [6.07, 6.45) is 14.3. The largest absolute Gasteiger partial charge is 0.310 e. The van der Waals surface area contributed by atoms with Gasteiger partial charge < -0.3 is 4.90 Å². The van der Waals surface area contributed by atoms with Crippen LogP contribution in [0.4, 0.5) is 17.1 Å². The molecule has 0 aliphatic heterocycles. The number of hydrogen-bond acceptors (Lipinski definition) is 1. The summed E-state index contributed by atoms with van der Waals surface area (Å²) in [6.45, 7) is 21.3. The van der Waals surface area contributed by atoms with Crippen molar-refractivity contribution in [3.8, 4) is 0 Å². The molecule has 0 N–H and O–H groups in total. The maximum absolute atomic E-state index is 4.14. The van der Waals surface area contributed by atoms with Crippen molar-refractivity contribution in [1.29, 1.82) is 0 Å². The third-order valence-corrected chi connectivity index (χ3v) is 9.32. The minimum absolute atomic E-state index is 0.0792. The zero-order valence-corrected chi connectivity index (χ0v) is 28.1. The van der Waals surface area contributed by atoms with E-state index in [4.69, 9.17) is 0 Å². The van der Waals surface area contributed by atoms with Crippen molar-refractivity contribution in [3.05, 3.63) is 186 Å². The summed E-state index contributed by atoms with van der Waals surface area (Å²) in [5.41, 5.74) is 15.7. The van der Waals surface area contributed by atoms with E-state index in [0.29, 0.717) is 0 Å². The Morgan fingerprint density at radius 2 is 1.39 bits per heavy atom. The van der Waals surface area contributed by atoms with Gasteiger partial charge in [0.1, 0.15) is 0 Å². The Balaban J connectivity index is 1.67. The molecule has 1 aliphatic rings. The number of allylic oxidation sites excluding steroid dienone is 12. The Kier molecular flexibility index (Phi) is 9.73. The van der Waals surface area contributed by atoms with Gasteiger partial charge in [0.25, 0.3) is 0 Å². The number of anilines is 3. The lowest BCUT2D eigenvalue weighted by atomic mass is 9.82. The molecule has 0 unspecified atom stereocenters. The molecule has 5 rings (SSSR count).